The highest BCUT2D eigenvalue weighted by Crippen LogP contribution is 2.24. The Kier molecular flexibility index (Phi) is 3.65. The van der Waals surface area contributed by atoms with Gasteiger partial charge in [-0.05, 0) is 27.7 Å². The van der Waals surface area contributed by atoms with Gasteiger partial charge >= 0.3 is 0 Å². The van der Waals surface area contributed by atoms with Gasteiger partial charge in [0.05, 0.1) is 19.0 Å². The molecule has 0 aliphatic rings. The molecule has 0 aromatic carbocycles. The van der Waals surface area contributed by atoms with Crippen LogP contribution < -0.4 is 0 Å². The minimum Gasteiger partial charge on any atom is -0.433 e. The molecule has 0 saturated carbocycles. The van der Waals surface area contributed by atoms with E-state index in [-0.39, 0.29) is 0 Å². The van der Waals surface area contributed by atoms with Crippen LogP contribution in [0.15, 0.2) is 0 Å². The Bertz CT molecular complexity index is 118. The van der Waals surface area contributed by atoms with Gasteiger partial charge < -0.3 is 9.76 Å². The van der Waals surface area contributed by atoms with Crippen molar-refractivity contribution >= 4 is 15.3 Å². The predicted molar refractivity (Wildman–Crippen MR) is 52.0 cm³/mol. The van der Waals surface area contributed by atoms with Crippen LogP contribution in [0.1, 0.15) is 27.7 Å². The van der Waals surface area contributed by atoms with Crippen LogP contribution in [0.4, 0.5) is 0 Å². The Morgan fingerprint density at radius 3 is 2.09 bits per heavy atom. The van der Waals surface area contributed by atoms with Gasteiger partial charge in [-0.15, -0.1) is 0 Å². The van der Waals surface area contributed by atoms with E-state index in [9.17, 15) is 5.11 Å². The van der Waals surface area contributed by atoms with Gasteiger partial charge in [0, 0.05) is 0 Å². The van der Waals surface area contributed by atoms with E-state index in [1.54, 1.807) is 13.8 Å². The lowest BCUT2D eigenvalue weighted by atomic mass is 9.78. The van der Waals surface area contributed by atoms with Gasteiger partial charge in [-0.25, -0.2) is 0 Å². The second kappa shape index (κ2) is 3.63. The maximum Gasteiger partial charge on any atom is 0.268 e. The first kappa shape index (κ1) is 11.0. The van der Waals surface area contributed by atoms with Crippen LogP contribution in [0.25, 0.3) is 0 Å². The molecular weight excluding hydrogens is 138 g/mol. The van der Waals surface area contributed by atoms with Gasteiger partial charge in [-0.3, -0.25) is 0 Å². The number of aliphatic hydroxyl groups is 1. The van der Waals surface area contributed by atoms with E-state index >= 15 is 0 Å². The lowest BCUT2D eigenvalue weighted by molar-refractivity contribution is -0.0900. The molecule has 0 radical (unpaired) electrons. The number of hydrogen-bond acceptors (Lipinski definition) is 2. The minimum absolute atomic E-state index is 0.455. The zero-order valence-corrected chi connectivity index (χ0v) is 8.27. The van der Waals surface area contributed by atoms with Gasteiger partial charge in [0.25, 0.3) is 7.48 Å². The molecule has 2 nitrogen and oxygen atoms in total. The zero-order chi connectivity index (χ0) is 9.12. The SMILES string of the molecule is BCBOC(C)(C)C(C)(C)O. The summed E-state index contributed by atoms with van der Waals surface area (Å²) in [6, 6.07) is 0. The zero-order valence-electron chi connectivity index (χ0n) is 8.27. The molecule has 0 aliphatic carbocycles. The van der Waals surface area contributed by atoms with Gasteiger partial charge in [-0.1, -0.05) is 6.22 Å². The third-order valence-electron chi connectivity index (χ3n) is 2.14. The molecule has 1 N–H and O–H groups in total. The molecule has 0 spiro atoms. The summed E-state index contributed by atoms with van der Waals surface area (Å²) in [6.45, 7) is 7.34. The van der Waals surface area contributed by atoms with Crippen molar-refractivity contribution in [3.05, 3.63) is 0 Å². The van der Waals surface area contributed by atoms with E-state index < -0.39 is 11.2 Å². The van der Waals surface area contributed by atoms with Crippen LogP contribution in [0.2, 0.25) is 6.22 Å². The first-order valence-corrected chi connectivity index (χ1v) is 4.17. The van der Waals surface area contributed by atoms with Crippen LogP contribution in [0.3, 0.4) is 0 Å². The quantitative estimate of drug-likeness (QED) is 0.576. The maximum atomic E-state index is 9.65. The van der Waals surface area contributed by atoms with E-state index in [0.717, 1.165) is 6.22 Å². The smallest absolute Gasteiger partial charge is 0.268 e. The highest BCUT2D eigenvalue weighted by atomic mass is 16.5. The summed E-state index contributed by atoms with van der Waals surface area (Å²) in [6.07, 6.45) is 0.986. The molecule has 0 aromatic heterocycles. The third-order valence-corrected chi connectivity index (χ3v) is 2.14. The molecule has 11 heavy (non-hydrogen) atoms. The summed E-state index contributed by atoms with van der Waals surface area (Å²) in [5.41, 5.74) is -1.23. The predicted octanol–water partition coefficient (Wildman–Crippen LogP) is -0.0871. The summed E-state index contributed by atoms with van der Waals surface area (Å²) < 4.78 is 5.49. The molecule has 0 heterocycles. The van der Waals surface area contributed by atoms with Gasteiger partial charge in [0.15, 0.2) is 0 Å². The Hall–Kier alpha value is 0.0499. The van der Waals surface area contributed by atoms with Crippen LogP contribution in [-0.4, -0.2) is 31.6 Å². The molecule has 0 fully saturated rings. The van der Waals surface area contributed by atoms with E-state index in [1.165, 1.54) is 0 Å². The molecule has 0 unspecified atom stereocenters. The first-order chi connectivity index (χ1) is 4.81. The average Bonchev–Trinajstić information content (AvgIpc) is 1.81. The Morgan fingerprint density at radius 2 is 1.82 bits per heavy atom. The lowest BCUT2D eigenvalue weighted by Gasteiger charge is -2.37. The second-order valence-electron chi connectivity index (χ2n) is 3.92. The van der Waals surface area contributed by atoms with E-state index in [1.807, 2.05) is 13.8 Å². The lowest BCUT2D eigenvalue weighted by Crippen LogP contribution is -2.47. The molecule has 0 amide bonds. The summed E-state index contributed by atoms with van der Waals surface area (Å²) >= 11 is 0. The molecule has 64 valence electrons. The van der Waals surface area contributed by atoms with Crippen molar-refractivity contribution in [2.24, 2.45) is 0 Å². The van der Waals surface area contributed by atoms with E-state index in [0.29, 0.717) is 7.48 Å². The minimum atomic E-state index is -0.776. The molecule has 0 rings (SSSR count). The van der Waals surface area contributed by atoms with Crippen LogP contribution in [0.5, 0.6) is 0 Å². The average molecular weight is 156 g/mol. The van der Waals surface area contributed by atoms with Crippen molar-refractivity contribution < 1.29 is 9.76 Å². The normalized spacial score (nSPS) is 13.2. The van der Waals surface area contributed by atoms with E-state index in [4.69, 9.17) is 4.65 Å². The summed E-state index contributed by atoms with van der Waals surface area (Å²) in [4.78, 5) is 0. The monoisotopic (exact) mass is 156 g/mol. The molecule has 0 atom stereocenters. The van der Waals surface area contributed by atoms with Crippen LogP contribution in [-0.2, 0) is 4.65 Å². The van der Waals surface area contributed by atoms with Crippen molar-refractivity contribution in [1.82, 2.24) is 0 Å². The fourth-order valence-electron chi connectivity index (χ4n) is 0.534. The van der Waals surface area contributed by atoms with Gasteiger partial charge in [0.1, 0.15) is 0 Å². The van der Waals surface area contributed by atoms with Crippen molar-refractivity contribution in [1.29, 1.82) is 0 Å². The standard InChI is InChI=1S/C7H18B2O2/c1-6(2,10)7(3,4)11-9-5-8/h9-10H,5,8H2,1-4H3. The van der Waals surface area contributed by atoms with E-state index in [2.05, 4.69) is 7.85 Å². The Balaban J connectivity index is 4.00. The Labute approximate surface area is 71.0 Å². The third kappa shape index (κ3) is 3.30. The fourth-order valence-corrected chi connectivity index (χ4v) is 0.534. The van der Waals surface area contributed by atoms with Gasteiger partial charge in [-0.2, -0.15) is 0 Å². The molecule has 0 bridgehead atoms. The number of hydrogen-bond donors (Lipinski definition) is 1. The van der Waals surface area contributed by atoms with Crippen molar-refractivity contribution in [2.75, 3.05) is 0 Å². The topological polar surface area (TPSA) is 29.5 Å². The summed E-state index contributed by atoms with van der Waals surface area (Å²) in [7, 11) is 2.76. The highest BCUT2D eigenvalue weighted by molar-refractivity contribution is 6.41. The number of rotatable bonds is 4. The largest absolute Gasteiger partial charge is 0.433 e. The van der Waals surface area contributed by atoms with Crippen LogP contribution in [0, 0.1) is 0 Å². The molecule has 0 saturated heterocycles. The molecule has 0 aliphatic heterocycles. The van der Waals surface area contributed by atoms with Crippen molar-refractivity contribution in [2.45, 2.75) is 45.1 Å². The summed E-state index contributed by atoms with van der Waals surface area (Å²) in [5.74, 6) is 0. The van der Waals surface area contributed by atoms with Crippen molar-refractivity contribution in [3.8, 4) is 0 Å². The highest BCUT2D eigenvalue weighted by Gasteiger charge is 2.35. The van der Waals surface area contributed by atoms with Crippen molar-refractivity contribution in [3.63, 3.8) is 0 Å². The van der Waals surface area contributed by atoms with Gasteiger partial charge in [0.2, 0.25) is 0 Å². The maximum absolute atomic E-state index is 9.65. The first-order valence-electron chi connectivity index (χ1n) is 4.17. The summed E-state index contributed by atoms with van der Waals surface area (Å²) in [5, 5.41) is 9.65. The molecular formula is C7H18B2O2. The Morgan fingerprint density at radius 1 is 1.36 bits per heavy atom. The van der Waals surface area contributed by atoms with Crippen LogP contribution >= 0.6 is 0 Å². The molecule has 0 aromatic rings. The molecule has 4 heteroatoms. The fraction of sp³-hybridized carbons (Fsp3) is 1.00. The second-order valence-corrected chi connectivity index (χ2v) is 3.92.